The number of allylic oxidation sites excluding steroid dienone is 5. The molecule has 134 valence electrons. The van der Waals surface area contributed by atoms with Gasteiger partial charge in [0.05, 0.1) is 0 Å². The van der Waals surface area contributed by atoms with Crippen molar-refractivity contribution in [3.63, 3.8) is 0 Å². The molecule has 0 saturated carbocycles. The first-order valence-corrected chi connectivity index (χ1v) is 9.26. The van der Waals surface area contributed by atoms with E-state index < -0.39 is 0 Å². The molecule has 0 heterocycles. The molecule has 2 heteroatoms. The van der Waals surface area contributed by atoms with Crippen LogP contribution in [0.3, 0.4) is 0 Å². The monoisotopic (exact) mass is 371 g/mol. The van der Waals surface area contributed by atoms with Crippen LogP contribution in [-0.2, 0) is 0 Å². The third-order valence-electron chi connectivity index (χ3n) is 4.21. The molecule has 3 aromatic rings. The van der Waals surface area contributed by atoms with Gasteiger partial charge in [0.25, 0.3) is 0 Å². The van der Waals surface area contributed by atoms with Gasteiger partial charge in [-0.1, -0.05) is 97.1 Å². The van der Waals surface area contributed by atoms with Crippen LogP contribution in [0.25, 0.3) is 16.7 Å². The van der Waals surface area contributed by atoms with Gasteiger partial charge in [-0.05, 0) is 36.3 Å². The van der Waals surface area contributed by atoms with Crippen molar-refractivity contribution in [1.82, 2.24) is 0 Å². The first-order chi connectivity index (χ1) is 13.2. The van der Waals surface area contributed by atoms with E-state index in [2.05, 4.69) is 36.2 Å². The lowest BCUT2D eigenvalue weighted by atomic mass is 10.0. The van der Waals surface area contributed by atoms with Crippen LogP contribution >= 0.6 is 11.6 Å². The average molecular weight is 372 g/mol. The predicted molar refractivity (Wildman–Crippen MR) is 120 cm³/mol. The smallest absolute Gasteiger partial charge is 0.0479 e. The molecule has 3 aromatic carbocycles. The third-order valence-corrected chi connectivity index (χ3v) is 4.44. The number of hydrogen-bond acceptors (Lipinski definition) is 1. The van der Waals surface area contributed by atoms with Gasteiger partial charge in [0.15, 0.2) is 0 Å². The van der Waals surface area contributed by atoms with E-state index in [0.717, 1.165) is 33.6 Å². The van der Waals surface area contributed by atoms with Crippen LogP contribution < -0.4 is 5.32 Å². The maximum Gasteiger partial charge on any atom is 0.0479 e. The summed E-state index contributed by atoms with van der Waals surface area (Å²) in [7, 11) is 0. The minimum absolute atomic E-state index is 0.696. The van der Waals surface area contributed by atoms with Crippen molar-refractivity contribution in [2.45, 2.75) is 6.92 Å². The Morgan fingerprint density at radius 3 is 2.41 bits per heavy atom. The SMILES string of the molecule is C=C(/C=C\C=C/C)c1ccccc1Nc1cc(Cl)ccc1-c1ccccc1. The Bertz CT molecular complexity index is 984. The average Bonchev–Trinajstić information content (AvgIpc) is 2.69. The summed E-state index contributed by atoms with van der Waals surface area (Å²) >= 11 is 6.28. The summed E-state index contributed by atoms with van der Waals surface area (Å²) in [4.78, 5) is 0. The topological polar surface area (TPSA) is 12.0 Å². The second kappa shape index (κ2) is 9.07. The van der Waals surface area contributed by atoms with E-state index in [0.29, 0.717) is 5.02 Å². The molecule has 0 amide bonds. The minimum atomic E-state index is 0.696. The number of hydrogen-bond donors (Lipinski definition) is 1. The molecule has 0 bridgehead atoms. The maximum atomic E-state index is 6.28. The quantitative estimate of drug-likeness (QED) is 0.434. The highest BCUT2D eigenvalue weighted by molar-refractivity contribution is 6.31. The lowest BCUT2D eigenvalue weighted by molar-refractivity contribution is 1.51. The summed E-state index contributed by atoms with van der Waals surface area (Å²) < 4.78 is 0. The number of benzene rings is 3. The second-order valence-electron chi connectivity index (χ2n) is 6.14. The fraction of sp³-hybridized carbons (Fsp3) is 0.0400. The molecule has 0 aromatic heterocycles. The van der Waals surface area contributed by atoms with Crippen molar-refractivity contribution in [2.24, 2.45) is 0 Å². The summed E-state index contributed by atoms with van der Waals surface area (Å²) in [6.07, 6.45) is 7.99. The molecule has 0 aliphatic rings. The normalized spacial score (nSPS) is 11.2. The number of nitrogens with one attached hydrogen (secondary N) is 1. The maximum absolute atomic E-state index is 6.28. The fourth-order valence-corrected chi connectivity index (χ4v) is 3.05. The summed E-state index contributed by atoms with van der Waals surface area (Å²) in [5, 5.41) is 4.25. The third kappa shape index (κ3) is 4.78. The lowest BCUT2D eigenvalue weighted by Crippen LogP contribution is -1.97. The zero-order chi connectivity index (χ0) is 19.1. The molecule has 0 radical (unpaired) electrons. The highest BCUT2D eigenvalue weighted by Crippen LogP contribution is 2.34. The largest absolute Gasteiger partial charge is 0.354 e. The minimum Gasteiger partial charge on any atom is -0.354 e. The Morgan fingerprint density at radius 2 is 1.63 bits per heavy atom. The Balaban J connectivity index is 1.99. The molecule has 27 heavy (non-hydrogen) atoms. The van der Waals surface area contributed by atoms with Gasteiger partial charge in [-0.25, -0.2) is 0 Å². The Hall–Kier alpha value is -3.03. The van der Waals surface area contributed by atoms with Crippen molar-refractivity contribution in [3.8, 4) is 11.1 Å². The van der Waals surface area contributed by atoms with E-state index in [1.54, 1.807) is 0 Å². The molecule has 0 spiro atoms. The van der Waals surface area contributed by atoms with Crippen molar-refractivity contribution >= 4 is 28.5 Å². The first kappa shape index (κ1) is 18.8. The van der Waals surface area contributed by atoms with E-state index in [-0.39, 0.29) is 0 Å². The van der Waals surface area contributed by atoms with Gasteiger partial charge < -0.3 is 5.32 Å². The number of halogens is 1. The standard InChI is InChI=1S/C25H22ClN/c1-3-4-6-11-19(2)22-14-9-10-15-24(22)27-25-18-21(26)16-17-23(25)20-12-7-5-8-13-20/h3-18,27H,2H2,1H3/b4-3-,11-6-. The first-order valence-electron chi connectivity index (χ1n) is 8.88. The summed E-state index contributed by atoms with van der Waals surface area (Å²) in [5.41, 5.74) is 6.20. The van der Waals surface area contributed by atoms with Gasteiger partial charge >= 0.3 is 0 Å². The molecular formula is C25H22ClN. The van der Waals surface area contributed by atoms with Gasteiger partial charge in [0, 0.05) is 27.5 Å². The molecular weight excluding hydrogens is 350 g/mol. The van der Waals surface area contributed by atoms with Gasteiger partial charge in [0.1, 0.15) is 0 Å². The van der Waals surface area contributed by atoms with Gasteiger partial charge in [-0.3, -0.25) is 0 Å². The van der Waals surface area contributed by atoms with Gasteiger partial charge in [0.2, 0.25) is 0 Å². The molecule has 0 saturated heterocycles. The van der Waals surface area contributed by atoms with Crippen molar-refractivity contribution in [3.05, 3.63) is 114 Å². The van der Waals surface area contributed by atoms with E-state index >= 15 is 0 Å². The Labute approximate surface area is 166 Å². The van der Waals surface area contributed by atoms with Crippen LogP contribution in [0.5, 0.6) is 0 Å². The molecule has 1 nitrogen and oxygen atoms in total. The van der Waals surface area contributed by atoms with Crippen LogP contribution in [0.4, 0.5) is 11.4 Å². The van der Waals surface area contributed by atoms with Crippen molar-refractivity contribution < 1.29 is 0 Å². The number of rotatable bonds is 6. The molecule has 0 aliphatic carbocycles. The van der Waals surface area contributed by atoms with E-state index in [4.69, 9.17) is 11.6 Å². The van der Waals surface area contributed by atoms with E-state index in [9.17, 15) is 0 Å². The van der Waals surface area contributed by atoms with Gasteiger partial charge in [-0.2, -0.15) is 0 Å². The van der Waals surface area contributed by atoms with Crippen LogP contribution in [0.15, 0.2) is 104 Å². The zero-order valence-corrected chi connectivity index (χ0v) is 16.1. The highest BCUT2D eigenvalue weighted by atomic mass is 35.5. The molecule has 0 aliphatic heterocycles. The van der Waals surface area contributed by atoms with Crippen LogP contribution in [-0.4, -0.2) is 0 Å². The molecule has 3 rings (SSSR count). The van der Waals surface area contributed by atoms with Gasteiger partial charge in [-0.15, -0.1) is 0 Å². The number of anilines is 2. The highest BCUT2D eigenvalue weighted by Gasteiger charge is 2.09. The molecule has 0 fully saturated rings. The molecule has 0 atom stereocenters. The Kier molecular flexibility index (Phi) is 6.30. The molecule has 0 unspecified atom stereocenters. The van der Waals surface area contributed by atoms with E-state index in [1.807, 2.05) is 79.8 Å². The zero-order valence-electron chi connectivity index (χ0n) is 15.3. The lowest BCUT2D eigenvalue weighted by Gasteiger charge is -2.16. The fourth-order valence-electron chi connectivity index (χ4n) is 2.88. The van der Waals surface area contributed by atoms with E-state index in [1.165, 1.54) is 0 Å². The number of para-hydroxylation sites is 1. The summed E-state index contributed by atoms with van der Waals surface area (Å²) in [5.74, 6) is 0. The van der Waals surface area contributed by atoms with Crippen LogP contribution in [0, 0.1) is 0 Å². The molecule has 1 N–H and O–H groups in total. The predicted octanol–water partition coefficient (Wildman–Crippen LogP) is 7.90. The van der Waals surface area contributed by atoms with Crippen LogP contribution in [0.1, 0.15) is 12.5 Å². The summed E-state index contributed by atoms with van der Waals surface area (Å²) in [6.45, 7) is 6.20. The van der Waals surface area contributed by atoms with Crippen molar-refractivity contribution in [2.75, 3.05) is 5.32 Å². The summed E-state index contributed by atoms with van der Waals surface area (Å²) in [6, 6.07) is 24.4. The second-order valence-corrected chi connectivity index (χ2v) is 6.57. The van der Waals surface area contributed by atoms with Crippen LogP contribution in [0.2, 0.25) is 5.02 Å². The Morgan fingerprint density at radius 1 is 0.889 bits per heavy atom. The van der Waals surface area contributed by atoms with Crippen molar-refractivity contribution in [1.29, 1.82) is 0 Å².